The number of nitrogens with two attached hydrogens (primary N) is 1. The fourth-order valence-electron chi connectivity index (χ4n) is 1.91. The van der Waals surface area contributed by atoms with Crippen molar-refractivity contribution in [2.24, 2.45) is 0 Å². The molecular formula is C16H14N8O2. The molecule has 0 saturated carbocycles. The van der Waals surface area contributed by atoms with Crippen LogP contribution in [-0.4, -0.2) is 34.9 Å². The summed E-state index contributed by atoms with van der Waals surface area (Å²) in [6.45, 7) is 1.42. The summed E-state index contributed by atoms with van der Waals surface area (Å²) in [4.78, 5) is 7.98. The van der Waals surface area contributed by atoms with Crippen LogP contribution in [0.25, 0.3) is 11.9 Å². The van der Waals surface area contributed by atoms with Gasteiger partial charge in [-0.3, -0.25) is 5.32 Å². The first-order chi connectivity index (χ1) is 12.5. The average molecular weight is 350 g/mol. The fraction of sp³-hybridized carbons (Fsp3) is 0.0625. The first kappa shape index (κ1) is 18.0. The monoisotopic (exact) mass is 350 g/mol. The molecule has 26 heavy (non-hydrogen) atoms. The van der Waals surface area contributed by atoms with Gasteiger partial charge >= 0.3 is 0 Å². The number of hydrogen-bond donors (Lipinski definition) is 4. The van der Waals surface area contributed by atoms with Gasteiger partial charge in [-0.05, 0) is 19.1 Å². The van der Waals surface area contributed by atoms with Gasteiger partial charge in [0.1, 0.15) is 23.8 Å². The van der Waals surface area contributed by atoms with Crippen LogP contribution in [0.3, 0.4) is 0 Å². The molecule has 0 amide bonds. The molecule has 0 saturated heterocycles. The van der Waals surface area contributed by atoms with E-state index in [4.69, 9.17) is 17.3 Å². The summed E-state index contributed by atoms with van der Waals surface area (Å²) in [5, 5.41) is 38.1. The van der Waals surface area contributed by atoms with Gasteiger partial charge < -0.3 is 15.9 Å². The molecule has 0 radical (unpaired) electrons. The van der Waals surface area contributed by atoms with Crippen LogP contribution in [0.5, 0.6) is 0 Å². The van der Waals surface area contributed by atoms with Gasteiger partial charge in [0.15, 0.2) is 17.5 Å². The van der Waals surface area contributed by atoms with E-state index in [1.807, 2.05) is 6.07 Å². The van der Waals surface area contributed by atoms with E-state index in [0.29, 0.717) is 0 Å². The summed E-state index contributed by atoms with van der Waals surface area (Å²) in [5.41, 5.74) is 6.11. The lowest BCUT2D eigenvalue weighted by Gasteiger charge is -2.09. The van der Waals surface area contributed by atoms with Crippen molar-refractivity contribution in [1.82, 2.24) is 24.7 Å². The van der Waals surface area contributed by atoms with Gasteiger partial charge in [-0.25, -0.2) is 14.5 Å². The number of aromatic nitrogens is 5. The summed E-state index contributed by atoms with van der Waals surface area (Å²) < 4.78 is 1.31. The maximum Gasteiger partial charge on any atom is 0.241 e. The predicted octanol–water partition coefficient (Wildman–Crippen LogP) is 1.43. The van der Waals surface area contributed by atoms with E-state index in [0.717, 1.165) is 6.08 Å². The highest BCUT2D eigenvalue weighted by molar-refractivity contribution is 5.71. The van der Waals surface area contributed by atoms with Gasteiger partial charge in [-0.1, -0.05) is 12.5 Å². The number of aliphatic hydroxyl groups excluding tert-OH is 2. The van der Waals surface area contributed by atoms with Gasteiger partial charge in [-0.15, -0.1) is 10.2 Å². The number of aliphatic hydroxyl groups is 2. The topological polar surface area (TPSA) is 159 Å². The number of allylic oxidation sites excluding steroid dienone is 4. The van der Waals surface area contributed by atoms with Crippen molar-refractivity contribution in [3.05, 3.63) is 47.7 Å². The fourth-order valence-corrected chi connectivity index (χ4v) is 1.91. The molecule has 0 bridgehead atoms. The Balaban J connectivity index is 2.50. The van der Waals surface area contributed by atoms with Crippen molar-refractivity contribution in [2.75, 3.05) is 11.1 Å². The Morgan fingerprint density at radius 3 is 2.81 bits per heavy atom. The molecule has 0 atom stereocenters. The molecule has 5 N–H and O–H groups in total. The van der Waals surface area contributed by atoms with Crippen molar-refractivity contribution >= 4 is 17.6 Å². The number of terminal acetylenes is 1. The molecule has 0 fully saturated rings. The minimum atomic E-state index is -0.171. The van der Waals surface area contributed by atoms with Crippen molar-refractivity contribution in [1.29, 1.82) is 5.26 Å². The average Bonchev–Trinajstić information content (AvgIpc) is 2.99. The Morgan fingerprint density at radius 1 is 1.38 bits per heavy atom. The van der Waals surface area contributed by atoms with Crippen LogP contribution in [0, 0.1) is 23.8 Å². The summed E-state index contributed by atoms with van der Waals surface area (Å²) in [6, 6.07) is 4.09. The van der Waals surface area contributed by atoms with Crippen LogP contribution >= 0.6 is 0 Å². The zero-order valence-corrected chi connectivity index (χ0v) is 13.6. The first-order valence-electron chi connectivity index (χ1n) is 7.10. The maximum atomic E-state index is 9.59. The lowest BCUT2D eigenvalue weighted by Crippen LogP contribution is -2.10. The Kier molecular flexibility index (Phi) is 5.54. The molecule has 2 heterocycles. The molecule has 0 unspecified atom stereocenters. The first-order valence-corrected chi connectivity index (χ1v) is 7.10. The van der Waals surface area contributed by atoms with Crippen molar-refractivity contribution < 1.29 is 10.2 Å². The van der Waals surface area contributed by atoms with Crippen LogP contribution in [-0.2, 0) is 0 Å². The van der Waals surface area contributed by atoms with E-state index < -0.39 is 0 Å². The Bertz CT molecular complexity index is 985. The second-order valence-corrected chi connectivity index (χ2v) is 4.79. The zero-order chi connectivity index (χ0) is 19.1. The Morgan fingerprint density at radius 2 is 2.15 bits per heavy atom. The molecule has 10 heteroatoms. The van der Waals surface area contributed by atoms with Crippen molar-refractivity contribution in [3.63, 3.8) is 0 Å². The van der Waals surface area contributed by atoms with Crippen LogP contribution in [0.1, 0.15) is 18.6 Å². The normalized spacial score (nSPS) is 12.0. The number of rotatable bonds is 5. The standard InChI is InChI=1S/C16H14N8O2/c1-3-19-15-14(18)16(21-9-20-15)24-12(22-23-13(24)8-17)6-4-5-11(26)7-10(2)25/h1,4-7,9,25-26H,18H2,2H3,(H,19,20,21)/b6-4+,10-7+,11-5+. The van der Waals surface area contributed by atoms with E-state index in [9.17, 15) is 10.4 Å². The number of nitrogens with one attached hydrogen (secondary N) is 1. The van der Waals surface area contributed by atoms with E-state index >= 15 is 0 Å². The highest BCUT2D eigenvalue weighted by Gasteiger charge is 2.17. The number of nitrogens with zero attached hydrogens (tertiary/aromatic N) is 6. The van der Waals surface area contributed by atoms with Crippen molar-refractivity contribution in [3.8, 4) is 24.4 Å². The van der Waals surface area contributed by atoms with Crippen LogP contribution in [0.15, 0.2) is 36.1 Å². The Labute approximate surface area is 148 Å². The van der Waals surface area contributed by atoms with Crippen LogP contribution in [0.2, 0.25) is 0 Å². The molecule has 130 valence electrons. The number of nitriles is 1. The minimum Gasteiger partial charge on any atom is -0.512 e. The third kappa shape index (κ3) is 3.96. The predicted molar refractivity (Wildman–Crippen MR) is 94.7 cm³/mol. The van der Waals surface area contributed by atoms with E-state index in [-0.39, 0.29) is 40.5 Å². The summed E-state index contributed by atoms with van der Waals surface area (Å²) in [7, 11) is 0. The lowest BCUT2D eigenvalue weighted by atomic mass is 10.3. The zero-order valence-electron chi connectivity index (χ0n) is 13.6. The second kappa shape index (κ2) is 7.99. The van der Waals surface area contributed by atoms with Gasteiger partial charge in [-0.2, -0.15) is 5.26 Å². The van der Waals surface area contributed by atoms with E-state index in [1.54, 1.807) is 0 Å². The number of hydrogen-bond acceptors (Lipinski definition) is 9. The summed E-state index contributed by atoms with van der Waals surface area (Å²) in [5.74, 6) is 0.317. The molecule has 0 aromatic carbocycles. The highest BCUT2D eigenvalue weighted by atomic mass is 16.3. The van der Waals surface area contributed by atoms with E-state index in [1.165, 1.54) is 36.0 Å². The number of nitrogen functional groups attached to an aromatic ring is 1. The molecule has 2 rings (SSSR count). The molecule has 10 nitrogen and oxygen atoms in total. The minimum absolute atomic E-state index is 0.0515. The van der Waals surface area contributed by atoms with Gasteiger partial charge in [0.2, 0.25) is 5.82 Å². The Hall–Kier alpha value is -4.31. The van der Waals surface area contributed by atoms with Crippen LogP contribution < -0.4 is 11.1 Å². The molecule has 2 aromatic rings. The largest absolute Gasteiger partial charge is 0.512 e. The second-order valence-electron chi connectivity index (χ2n) is 4.79. The lowest BCUT2D eigenvalue weighted by molar-refractivity contribution is 0.393. The SMILES string of the molecule is C#CNc1ncnc(-n2c(C#N)nnc2/C=C/C=C(O)\C=C(/C)O)c1N. The third-order valence-electron chi connectivity index (χ3n) is 2.92. The molecule has 0 aliphatic carbocycles. The molecular weight excluding hydrogens is 336 g/mol. The van der Waals surface area contributed by atoms with Gasteiger partial charge in [0, 0.05) is 12.1 Å². The molecule has 0 aliphatic rings. The quantitative estimate of drug-likeness (QED) is 0.271. The number of anilines is 2. The molecule has 0 spiro atoms. The van der Waals surface area contributed by atoms with Gasteiger partial charge in [0.25, 0.3) is 0 Å². The van der Waals surface area contributed by atoms with Crippen molar-refractivity contribution in [2.45, 2.75) is 6.92 Å². The molecule has 0 aliphatic heterocycles. The summed E-state index contributed by atoms with van der Waals surface area (Å²) >= 11 is 0. The highest BCUT2D eigenvalue weighted by Crippen LogP contribution is 2.23. The van der Waals surface area contributed by atoms with E-state index in [2.05, 4.69) is 31.5 Å². The molecule has 2 aromatic heterocycles. The van der Waals surface area contributed by atoms with Gasteiger partial charge in [0.05, 0.1) is 5.76 Å². The third-order valence-corrected chi connectivity index (χ3v) is 2.92. The summed E-state index contributed by atoms with van der Waals surface area (Å²) in [6.07, 6.45) is 11.8. The maximum absolute atomic E-state index is 9.59. The smallest absolute Gasteiger partial charge is 0.241 e. The van der Waals surface area contributed by atoms with Crippen LogP contribution in [0.4, 0.5) is 11.5 Å².